The van der Waals surface area contributed by atoms with Gasteiger partial charge >= 0.3 is 0 Å². The van der Waals surface area contributed by atoms with Crippen LogP contribution >= 0.6 is 11.3 Å². The maximum absolute atomic E-state index is 11.3. The minimum atomic E-state index is -0.114. The molecule has 5 heterocycles. The van der Waals surface area contributed by atoms with E-state index in [0.29, 0.717) is 6.17 Å². The number of thiophene rings is 1. The first kappa shape index (κ1) is 15.1. The van der Waals surface area contributed by atoms with Gasteiger partial charge < -0.3 is 5.11 Å². The van der Waals surface area contributed by atoms with Gasteiger partial charge in [0.1, 0.15) is 0 Å². The molecule has 0 atom stereocenters. The quantitative estimate of drug-likeness (QED) is 0.901. The fourth-order valence-electron chi connectivity index (χ4n) is 5.79. The van der Waals surface area contributed by atoms with Crippen LogP contribution < -0.4 is 0 Å². The van der Waals surface area contributed by atoms with E-state index in [1.54, 1.807) is 0 Å². The lowest BCUT2D eigenvalue weighted by atomic mass is 9.56. The molecule has 3 nitrogen and oxygen atoms in total. The molecule has 0 radical (unpaired) electrons. The molecule has 1 aromatic rings. The van der Waals surface area contributed by atoms with Gasteiger partial charge in [0.2, 0.25) is 0 Å². The minimum absolute atomic E-state index is 0.105. The summed E-state index contributed by atoms with van der Waals surface area (Å²) in [5, 5.41) is 13.5. The SMILES string of the molecule is CCCC12CN3CC(CCC)(CN(C1)C3c1cccs1)C2O. The van der Waals surface area contributed by atoms with E-state index in [-0.39, 0.29) is 16.9 Å². The van der Waals surface area contributed by atoms with Gasteiger partial charge in [0.25, 0.3) is 0 Å². The number of hydrogen-bond donors (Lipinski definition) is 1. The molecule has 4 heteroatoms. The Morgan fingerprint density at radius 2 is 1.64 bits per heavy atom. The van der Waals surface area contributed by atoms with Gasteiger partial charge in [-0.1, -0.05) is 32.8 Å². The average molecular weight is 321 g/mol. The summed E-state index contributed by atoms with van der Waals surface area (Å²) in [4.78, 5) is 6.83. The van der Waals surface area contributed by atoms with Crippen LogP contribution in [0.1, 0.15) is 50.6 Å². The van der Waals surface area contributed by atoms with E-state index in [0.717, 1.165) is 39.0 Å². The highest BCUT2D eigenvalue weighted by Gasteiger charge is 2.64. The normalized spacial score (nSPS) is 46.3. The zero-order valence-corrected chi connectivity index (χ0v) is 14.6. The van der Waals surface area contributed by atoms with Gasteiger partial charge in [-0.3, -0.25) is 9.80 Å². The molecule has 0 saturated carbocycles. The fourth-order valence-corrected chi connectivity index (χ4v) is 6.68. The molecule has 1 N–H and O–H groups in total. The third kappa shape index (κ3) is 1.97. The summed E-state index contributed by atoms with van der Waals surface area (Å²) in [6.07, 6.45) is 5.00. The van der Waals surface area contributed by atoms with Crippen LogP contribution in [0.3, 0.4) is 0 Å². The summed E-state index contributed by atoms with van der Waals surface area (Å²) in [5.74, 6) is 0. The smallest absolute Gasteiger partial charge is 0.0981 e. The Balaban J connectivity index is 1.72. The van der Waals surface area contributed by atoms with Gasteiger partial charge in [-0.25, -0.2) is 0 Å². The molecule has 0 amide bonds. The third-order valence-corrected chi connectivity index (χ3v) is 7.13. The van der Waals surface area contributed by atoms with Crippen molar-refractivity contribution < 1.29 is 5.11 Å². The lowest BCUT2D eigenvalue weighted by Gasteiger charge is -2.69. The molecule has 122 valence electrons. The van der Waals surface area contributed by atoms with Crippen LogP contribution in [0, 0.1) is 10.8 Å². The predicted octanol–water partition coefficient (Wildman–Crippen LogP) is 3.33. The lowest BCUT2D eigenvalue weighted by molar-refractivity contribution is -0.268. The van der Waals surface area contributed by atoms with E-state index in [1.165, 1.54) is 17.7 Å². The lowest BCUT2D eigenvalue weighted by Crippen LogP contribution is -2.78. The van der Waals surface area contributed by atoms with Crippen molar-refractivity contribution in [2.75, 3.05) is 26.2 Å². The molecule has 0 aliphatic carbocycles. The van der Waals surface area contributed by atoms with E-state index in [2.05, 4.69) is 41.2 Å². The number of rotatable bonds is 5. The van der Waals surface area contributed by atoms with E-state index in [4.69, 9.17) is 0 Å². The first-order chi connectivity index (χ1) is 10.6. The van der Waals surface area contributed by atoms with Gasteiger partial charge in [0, 0.05) is 41.9 Å². The average Bonchev–Trinajstić information content (AvgIpc) is 2.98. The molecule has 4 aliphatic heterocycles. The number of hydrogen-bond acceptors (Lipinski definition) is 4. The third-order valence-electron chi connectivity index (χ3n) is 6.22. The van der Waals surface area contributed by atoms with Crippen molar-refractivity contribution in [3.8, 4) is 0 Å². The zero-order valence-electron chi connectivity index (χ0n) is 13.8. The summed E-state index contributed by atoms with van der Waals surface area (Å²) >= 11 is 1.88. The Kier molecular flexibility index (Phi) is 3.65. The standard InChI is InChI=1S/C18H28N2OS/c1-3-7-17-10-19-12-18(8-4-2,16(17)21)13-20(11-17)15(19)14-6-5-9-22-14/h5-6,9,15-16,21H,3-4,7-8,10-13H2,1-2H3. The van der Waals surface area contributed by atoms with Crippen molar-refractivity contribution in [3.05, 3.63) is 22.4 Å². The Morgan fingerprint density at radius 1 is 1.09 bits per heavy atom. The van der Waals surface area contributed by atoms with Gasteiger partial charge in [0.15, 0.2) is 0 Å². The molecule has 4 bridgehead atoms. The molecule has 4 aliphatic rings. The van der Waals surface area contributed by atoms with Crippen molar-refractivity contribution in [2.24, 2.45) is 10.8 Å². The van der Waals surface area contributed by atoms with Crippen LogP contribution in [0.4, 0.5) is 0 Å². The fraction of sp³-hybridized carbons (Fsp3) is 0.778. The van der Waals surface area contributed by atoms with Crippen LogP contribution in [0.2, 0.25) is 0 Å². The van der Waals surface area contributed by atoms with Gasteiger partial charge in [-0.15, -0.1) is 11.3 Å². The molecule has 5 rings (SSSR count). The number of piperidine rings is 2. The van der Waals surface area contributed by atoms with Crippen molar-refractivity contribution in [3.63, 3.8) is 0 Å². The molecule has 4 fully saturated rings. The Labute approximate surface area is 137 Å². The van der Waals surface area contributed by atoms with E-state index < -0.39 is 0 Å². The minimum Gasteiger partial charge on any atom is -0.392 e. The summed E-state index contributed by atoms with van der Waals surface area (Å²) in [6.45, 7) is 8.83. The van der Waals surface area contributed by atoms with Gasteiger partial charge in [-0.2, -0.15) is 0 Å². The summed E-state index contributed by atoms with van der Waals surface area (Å²) in [6, 6.07) is 4.46. The van der Waals surface area contributed by atoms with Crippen LogP contribution in [0.25, 0.3) is 0 Å². The highest BCUT2D eigenvalue weighted by Crippen LogP contribution is 2.57. The summed E-state index contributed by atoms with van der Waals surface area (Å²) in [5.41, 5.74) is 0.211. The van der Waals surface area contributed by atoms with Crippen molar-refractivity contribution in [1.82, 2.24) is 9.80 Å². The van der Waals surface area contributed by atoms with Gasteiger partial charge in [-0.05, 0) is 24.3 Å². The van der Waals surface area contributed by atoms with E-state index in [1.807, 2.05) is 11.3 Å². The second-order valence-corrected chi connectivity index (χ2v) is 8.81. The Hall–Kier alpha value is -0.420. The predicted molar refractivity (Wildman–Crippen MR) is 90.9 cm³/mol. The van der Waals surface area contributed by atoms with Crippen molar-refractivity contribution in [2.45, 2.75) is 51.8 Å². The molecular formula is C18H28N2OS. The summed E-state index contributed by atoms with van der Waals surface area (Å²) in [7, 11) is 0. The monoisotopic (exact) mass is 320 g/mol. The number of aliphatic hydroxyl groups excluding tert-OH is 1. The highest BCUT2D eigenvalue weighted by atomic mass is 32.1. The number of aliphatic hydroxyl groups is 1. The van der Waals surface area contributed by atoms with Crippen LogP contribution in [0.15, 0.2) is 17.5 Å². The highest BCUT2D eigenvalue weighted by molar-refractivity contribution is 7.10. The second kappa shape index (κ2) is 5.30. The first-order valence-electron chi connectivity index (χ1n) is 8.84. The number of nitrogens with zero attached hydrogens (tertiary/aromatic N) is 2. The molecule has 0 spiro atoms. The first-order valence-corrected chi connectivity index (χ1v) is 9.72. The zero-order chi connectivity index (χ0) is 15.4. The topological polar surface area (TPSA) is 26.7 Å². The largest absolute Gasteiger partial charge is 0.392 e. The van der Waals surface area contributed by atoms with Crippen LogP contribution in [0.5, 0.6) is 0 Å². The Morgan fingerprint density at radius 3 is 2.05 bits per heavy atom. The van der Waals surface area contributed by atoms with E-state index in [9.17, 15) is 5.11 Å². The molecule has 22 heavy (non-hydrogen) atoms. The van der Waals surface area contributed by atoms with Crippen LogP contribution in [-0.2, 0) is 0 Å². The Bertz CT molecular complexity index is 487. The maximum atomic E-state index is 11.3. The van der Waals surface area contributed by atoms with Crippen molar-refractivity contribution >= 4 is 11.3 Å². The van der Waals surface area contributed by atoms with E-state index >= 15 is 0 Å². The van der Waals surface area contributed by atoms with Gasteiger partial charge in [0.05, 0.1) is 12.3 Å². The second-order valence-electron chi connectivity index (χ2n) is 7.83. The summed E-state index contributed by atoms with van der Waals surface area (Å²) < 4.78 is 0. The van der Waals surface area contributed by atoms with Crippen molar-refractivity contribution in [1.29, 1.82) is 0 Å². The van der Waals surface area contributed by atoms with Crippen LogP contribution in [-0.4, -0.2) is 47.2 Å². The molecule has 0 aromatic carbocycles. The molecule has 4 saturated heterocycles. The maximum Gasteiger partial charge on any atom is 0.0981 e. The molecule has 0 unspecified atom stereocenters. The molecule has 1 aromatic heterocycles. The molecular weight excluding hydrogens is 292 g/mol.